The number of nitro groups is 1. The van der Waals surface area contributed by atoms with E-state index in [-0.39, 0.29) is 11.3 Å². The van der Waals surface area contributed by atoms with Crippen molar-refractivity contribution in [3.63, 3.8) is 0 Å². The molecular formula is C12H13N3O3. The summed E-state index contributed by atoms with van der Waals surface area (Å²) in [6.45, 7) is 1.77. The summed E-state index contributed by atoms with van der Waals surface area (Å²) in [6.07, 6.45) is 2.19. The number of nitrogens with two attached hydrogens (primary N) is 1. The third-order valence-corrected chi connectivity index (χ3v) is 3.30. The summed E-state index contributed by atoms with van der Waals surface area (Å²) in [5, 5.41) is 11.6. The number of anilines is 2. The maximum atomic E-state index is 10.9. The molecule has 0 saturated carbocycles. The van der Waals surface area contributed by atoms with Crippen LogP contribution in [0, 0.1) is 10.1 Å². The highest BCUT2D eigenvalue weighted by atomic mass is 16.6. The lowest BCUT2D eigenvalue weighted by Gasteiger charge is -2.13. The number of hydrogen-bond donors (Lipinski definition) is 1. The highest BCUT2D eigenvalue weighted by Gasteiger charge is 2.24. The maximum Gasteiger partial charge on any atom is 0.312 e. The van der Waals surface area contributed by atoms with Gasteiger partial charge in [-0.15, -0.1) is 0 Å². The van der Waals surface area contributed by atoms with E-state index in [0.717, 1.165) is 25.9 Å². The van der Waals surface area contributed by atoms with Gasteiger partial charge in [0.05, 0.1) is 10.3 Å². The molecule has 2 N–H and O–H groups in total. The molecule has 3 rings (SSSR count). The minimum Gasteiger partial charge on any atom is -0.431 e. The molecule has 1 saturated heterocycles. The van der Waals surface area contributed by atoms with Gasteiger partial charge >= 0.3 is 5.69 Å². The molecule has 6 heteroatoms. The van der Waals surface area contributed by atoms with Crippen LogP contribution in [-0.2, 0) is 0 Å². The minimum absolute atomic E-state index is 0.0374. The molecule has 1 aromatic heterocycles. The van der Waals surface area contributed by atoms with E-state index in [2.05, 4.69) is 0 Å². The summed E-state index contributed by atoms with van der Waals surface area (Å²) in [4.78, 5) is 12.5. The topological polar surface area (TPSA) is 85.5 Å². The van der Waals surface area contributed by atoms with Crippen LogP contribution in [0.1, 0.15) is 12.8 Å². The Morgan fingerprint density at radius 2 is 2.06 bits per heavy atom. The third-order valence-electron chi connectivity index (χ3n) is 3.30. The van der Waals surface area contributed by atoms with Crippen molar-refractivity contribution in [2.75, 3.05) is 23.7 Å². The first-order valence-corrected chi connectivity index (χ1v) is 5.89. The van der Waals surface area contributed by atoms with Crippen molar-refractivity contribution in [3.8, 4) is 0 Å². The van der Waals surface area contributed by atoms with Crippen LogP contribution in [-0.4, -0.2) is 18.0 Å². The first-order valence-electron chi connectivity index (χ1n) is 5.89. The van der Waals surface area contributed by atoms with E-state index in [0.29, 0.717) is 17.0 Å². The summed E-state index contributed by atoms with van der Waals surface area (Å²) in [5.41, 5.74) is 6.75. The van der Waals surface area contributed by atoms with Crippen molar-refractivity contribution in [2.24, 2.45) is 0 Å². The number of hydrogen-bond acceptors (Lipinski definition) is 5. The van der Waals surface area contributed by atoms with Gasteiger partial charge in [-0.2, -0.15) is 0 Å². The number of fused-ring (bicyclic) bond motifs is 1. The maximum absolute atomic E-state index is 10.9. The largest absolute Gasteiger partial charge is 0.431 e. The fourth-order valence-electron chi connectivity index (χ4n) is 2.41. The standard InChI is InChI=1S/C12H13N3O3/c13-10-8-4-3-5-9(15(16)17)11(8)18-12(10)14-6-1-2-7-14/h3-5H,1-2,6-7,13H2. The van der Waals surface area contributed by atoms with Crippen LogP contribution in [0.15, 0.2) is 22.6 Å². The number of nitrogens with zero attached hydrogens (tertiary/aromatic N) is 2. The molecular weight excluding hydrogens is 234 g/mol. The second-order valence-corrected chi connectivity index (χ2v) is 4.43. The number of rotatable bonds is 2. The Kier molecular flexibility index (Phi) is 2.36. The minimum atomic E-state index is -0.445. The molecule has 1 fully saturated rings. The molecule has 2 heterocycles. The first kappa shape index (κ1) is 10.9. The molecule has 94 valence electrons. The molecule has 1 aliphatic heterocycles. The van der Waals surface area contributed by atoms with Crippen molar-refractivity contribution >= 4 is 28.2 Å². The number of benzene rings is 1. The summed E-state index contributed by atoms with van der Waals surface area (Å²) >= 11 is 0. The predicted molar refractivity (Wildman–Crippen MR) is 68.7 cm³/mol. The SMILES string of the molecule is Nc1c(N2CCCC2)oc2c([N+](=O)[O-])cccc12. The number of non-ortho nitro benzene ring substituents is 1. The van der Waals surface area contributed by atoms with Gasteiger partial charge in [0.25, 0.3) is 0 Å². The second-order valence-electron chi connectivity index (χ2n) is 4.43. The summed E-state index contributed by atoms with van der Waals surface area (Å²) in [7, 11) is 0. The van der Waals surface area contributed by atoms with Gasteiger partial charge in [0.2, 0.25) is 11.5 Å². The van der Waals surface area contributed by atoms with Gasteiger partial charge in [-0.05, 0) is 18.9 Å². The fraction of sp³-hybridized carbons (Fsp3) is 0.333. The second kappa shape index (κ2) is 3.90. The first-order chi connectivity index (χ1) is 8.68. The molecule has 0 bridgehead atoms. The Morgan fingerprint density at radius 3 is 2.72 bits per heavy atom. The molecule has 1 aliphatic rings. The van der Waals surface area contributed by atoms with E-state index >= 15 is 0 Å². The third kappa shape index (κ3) is 1.49. The Morgan fingerprint density at radius 1 is 1.33 bits per heavy atom. The Bertz CT molecular complexity index is 614. The Balaban J connectivity index is 2.20. The molecule has 0 amide bonds. The highest BCUT2D eigenvalue weighted by Crippen LogP contribution is 2.40. The van der Waals surface area contributed by atoms with Gasteiger partial charge in [-0.3, -0.25) is 10.1 Å². The smallest absolute Gasteiger partial charge is 0.312 e. The Hall–Kier alpha value is -2.24. The quantitative estimate of drug-likeness (QED) is 0.651. The van der Waals surface area contributed by atoms with E-state index in [1.165, 1.54) is 6.07 Å². The van der Waals surface area contributed by atoms with Gasteiger partial charge in [0.1, 0.15) is 5.69 Å². The van der Waals surface area contributed by atoms with E-state index < -0.39 is 4.92 Å². The van der Waals surface area contributed by atoms with Crippen LogP contribution in [0.3, 0.4) is 0 Å². The lowest BCUT2D eigenvalue weighted by molar-refractivity contribution is -0.383. The lowest BCUT2D eigenvalue weighted by Crippen LogP contribution is -2.17. The molecule has 0 unspecified atom stereocenters. The molecule has 0 spiro atoms. The fourth-order valence-corrected chi connectivity index (χ4v) is 2.41. The molecule has 18 heavy (non-hydrogen) atoms. The van der Waals surface area contributed by atoms with Crippen LogP contribution >= 0.6 is 0 Å². The van der Waals surface area contributed by atoms with Crippen molar-refractivity contribution in [1.82, 2.24) is 0 Å². The van der Waals surface area contributed by atoms with Crippen molar-refractivity contribution < 1.29 is 9.34 Å². The van der Waals surface area contributed by atoms with E-state index in [1.807, 2.05) is 4.90 Å². The van der Waals surface area contributed by atoms with Gasteiger partial charge in [0, 0.05) is 19.2 Å². The Labute approximate surface area is 103 Å². The molecule has 6 nitrogen and oxygen atoms in total. The number of nitrogen functional groups attached to an aromatic ring is 1. The van der Waals surface area contributed by atoms with Crippen LogP contribution in [0.25, 0.3) is 11.0 Å². The zero-order valence-corrected chi connectivity index (χ0v) is 9.76. The van der Waals surface area contributed by atoms with Gasteiger partial charge in [0.15, 0.2) is 0 Å². The number of para-hydroxylation sites is 1. The van der Waals surface area contributed by atoms with Gasteiger partial charge in [-0.1, -0.05) is 6.07 Å². The van der Waals surface area contributed by atoms with Crippen LogP contribution in [0.5, 0.6) is 0 Å². The van der Waals surface area contributed by atoms with Gasteiger partial charge in [-0.25, -0.2) is 0 Å². The monoisotopic (exact) mass is 247 g/mol. The van der Waals surface area contributed by atoms with Crippen LogP contribution < -0.4 is 10.6 Å². The number of furan rings is 1. The number of nitro benzene ring substituents is 1. The zero-order chi connectivity index (χ0) is 12.7. The highest BCUT2D eigenvalue weighted by molar-refractivity contribution is 6.00. The molecule has 1 aromatic carbocycles. The van der Waals surface area contributed by atoms with Crippen molar-refractivity contribution in [2.45, 2.75) is 12.8 Å². The summed E-state index contributed by atoms with van der Waals surface area (Å²) in [5.74, 6) is 0.566. The van der Waals surface area contributed by atoms with Crippen molar-refractivity contribution in [3.05, 3.63) is 28.3 Å². The van der Waals surface area contributed by atoms with Crippen LogP contribution in [0.4, 0.5) is 17.3 Å². The van der Waals surface area contributed by atoms with E-state index in [9.17, 15) is 10.1 Å². The average Bonchev–Trinajstić information content (AvgIpc) is 2.97. The van der Waals surface area contributed by atoms with Gasteiger partial charge < -0.3 is 15.1 Å². The molecule has 0 radical (unpaired) electrons. The predicted octanol–water partition coefficient (Wildman–Crippen LogP) is 2.52. The van der Waals surface area contributed by atoms with Crippen LogP contribution in [0.2, 0.25) is 0 Å². The molecule has 0 aliphatic carbocycles. The van der Waals surface area contributed by atoms with E-state index in [4.69, 9.17) is 10.2 Å². The normalized spacial score (nSPS) is 15.4. The average molecular weight is 247 g/mol. The zero-order valence-electron chi connectivity index (χ0n) is 9.76. The molecule has 0 atom stereocenters. The van der Waals surface area contributed by atoms with Crippen molar-refractivity contribution in [1.29, 1.82) is 0 Å². The summed E-state index contributed by atoms with van der Waals surface area (Å²) < 4.78 is 5.63. The molecule has 2 aromatic rings. The van der Waals surface area contributed by atoms with E-state index in [1.54, 1.807) is 12.1 Å². The lowest BCUT2D eigenvalue weighted by atomic mass is 10.2. The summed E-state index contributed by atoms with van der Waals surface area (Å²) in [6, 6.07) is 4.81.